The van der Waals surface area contributed by atoms with Crippen LogP contribution in [0.3, 0.4) is 0 Å². The lowest BCUT2D eigenvalue weighted by Crippen LogP contribution is -2.30. The van der Waals surface area contributed by atoms with Gasteiger partial charge < -0.3 is 10.6 Å². The third-order valence-electron chi connectivity index (χ3n) is 5.36. The van der Waals surface area contributed by atoms with Gasteiger partial charge in [-0.05, 0) is 66.2 Å². The number of carbonyl (C=O) groups excluding carboxylic acids is 3. The number of Topliss-reactive ketones (excluding diaryl/α,β-unsaturated/α-hetero) is 1. The fourth-order valence-electron chi connectivity index (χ4n) is 3.39. The highest BCUT2D eigenvalue weighted by molar-refractivity contribution is 8.00. The number of ketones is 1. The minimum atomic E-state index is -0.465. The largest absolute Gasteiger partial charge is 0.321 e. The maximum absolute atomic E-state index is 13.1. The number of rotatable bonds is 9. The molecule has 8 heteroatoms. The predicted octanol–water partition coefficient (Wildman–Crippen LogP) is 7.38. The van der Waals surface area contributed by atoms with Crippen molar-refractivity contribution in [3.8, 4) is 0 Å². The SMILES string of the molecule is O=C(Nc1ccc(SCC(=O)c2ccc(Cl)c(Cl)c2)cc1)/C(=C/c1ccccc1)NC(=O)c1ccccc1. The highest BCUT2D eigenvalue weighted by atomic mass is 35.5. The summed E-state index contributed by atoms with van der Waals surface area (Å²) in [6, 6.07) is 29.8. The molecule has 0 unspecified atom stereocenters. The van der Waals surface area contributed by atoms with Crippen molar-refractivity contribution < 1.29 is 14.4 Å². The summed E-state index contributed by atoms with van der Waals surface area (Å²) in [5.41, 5.74) is 2.35. The molecule has 0 aliphatic heterocycles. The van der Waals surface area contributed by atoms with Crippen LogP contribution in [-0.4, -0.2) is 23.4 Å². The molecule has 0 spiro atoms. The molecule has 4 aromatic rings. The number of benzene rings is 4. The van der Waals surface area contributed by atoms with E-state index < -0.39 is 5.91 Å². The Kier molecular flexibility index (Phi) is 9.38. The zero-order valence-electron chi connectivity index (χ0n) is 20.0. The molecule has 0 heterocycles. The van der Waals surface area contributed by atoms with Gasteiger partial charge in [-0.25, -0.2) is 0 Å². The van der Waals surface area contributed by atoms with Crippen molar-refractivity contribution in [1.29, 1.82) is 0 Å². The molecule has 38 heavy (non-hydrogen) atoms. The summed E-state index contributed by atoms with van der Waals surface area (Å²) in [4.78, 5) is 39.2. The Morgan fingerprint density at radius 1 is 0.737 bits per heavy atom. The molecule has 2 N–H and O–H groups in total. The molecule has 4 aromatic carbocycles. The minimum absolute atomic E-state index is 0.0733. The van der Waals surface area contributed by atoms with Crippen molar-refractivity contribution in [3.05, 3.63) is 136 Å². The number of amides is 2. The number of thioether (sulfide) groups is 1. The van der Waals surface area contributed by atoms with Crippen molar-refractivity contribution >= 4 is 64.3 Å². The van der Waals surface area contributed by atoms with Crippen molar-refractivity contribution in [3.63, 3.8) is 0 Å². The van der Waals surface area contributed by atoms with E-state index in [1.165, 1.54) is 11.8 Å². The van der Waals surface area contributed by atoms with Crippen LogP contribution in [0.5, 0.6) is 0 Å². The molecule has 0 aliphatic carbocycles. The van der Waals surface area contributed by atoms with Gasteiger partial charge in [0, 0.05) is 21.7 Å². The van der Waals surface area contributed by atoms with Gasteiger partial charge in [0.2, 0.25) is 0 Å². The second kappa shape index (κ2) is 13.1. The lowest BCUT2D eigenvalue weighted by molar-refractivity contribution is -0.113. The Bertz CT molecular complexity index is 1470. The van der Waals surface area contributed by atoms with Gasteiger partial charge in [-0.3, -0.25) is 14.4 Å². The summed E-state index contributed by atoms with van der Waals surface area (Å²) in [6.07, 6.45) is 1.62. The quantitative estimate of drug-likeness (QED) is 0.127. The van der Waals surface area contributed by atoms with Crippen LogP contribution in [0.2, 0.25) is 10.0 Å². The molecule has 5 nitrogen and oxygen atoms in total. The first-order valence-electron chi connectivity index (χ1n) is 11.5. The summed E-state index contributed by atoms with van der Waals surface area (Å²) in [7, 11) is 0. The molecular weight excluding hydrogens is 539 g/mol. The number of nitrogens with one attached hydrogen (secondary N) is 2. The summed E-state index contributed by atoms with van der Waals surface area (Å²) >= 11 is 13.3. The zero-order valence-corrected chi connectivity index (χ0v) is 22.3. The van der Waals surface area contributed by atoms with Crippen LogP contribution in [0.1, 0.15) is 26.3 Å². The molecular formula is C30H22Cl2N2O3S. The fraction of sp³-hybridized carbons (Fsp3) is 0.0333. The molecule has 0 aliphatic rings. The number of carbonyl (C=O) groups is 3. The molecule has 190 valence electrons. The molecule has 0 aromatic heterocycles. The van der Waals surface area contributed by atoms with E-state index in [2.05, 4.69) is 10.6 Å². The van der Waals surface area contributed by atoms with Crippen LogP contribution in [0.15, 0.2) is 114 Å². The van der Waals surface area contributed by atoms with E-state index in [1.54, 1.807) is 60.7 Å². The van der Waals surface area contributed by atoms with Gasteiger partial charge in [0.1, 0.15) is 5.70 Å². The third kappa shape index (κ3) is 7.59. The standard InChI is InChI=1S/C30H22Cl2N2O3S/c31-25-16-11-22(18-26(25)32)28(35)19-38-24-14-12-23(13-15-24)33-30(37)27(17-20-7-3-1-4-8-20)34-29(36)21-9-5-2-6-10-21/h1-18H,19H2,(H,33,37)(H,34,36)/b27-17-. The molecule has 0 saturated heterocycles. The van der Waals surface area contributed by atoms with Crippen LogP contribution >= 0.6 is 35.0 Å². The average molecular weight is 561 g/mol. The monoisotopic (exact) mass is 560 g/mol. The molecule has 0 fully saturated rings. The highest BCUT2D eigenvalue weighted by Crippen LogP contribution is 2.25. The second-order valence-electron chi connectivity index (χ2n) is 8.11. The Hall–Kier alpha value is -3.84. The van der Waals surface area contributed by atoms with Crippen molar-refractivity contribution in [2.75, 3.05) is 11.1 Å². The van der Waals surface area contributed by atoms with E-state index in [0.717, 1.165) is 10.5 Å². The first-order valence-corrected chi connectivity index (χ1v) is 13.3. The van der Waals surface area contributed by atoms with E-state index in [4.69, 9.17) is 23.2 Å². The lowest BCUT2D eigenvalue weighted by Gasteiger charge is -2.12. The topological polar surface area (TPSA) is 75.3 Å². The first-order chi connectivity index (χ1) is 18.4. The van der Waals surface area contributed by atoms with Gasteiger partial charge in [0.15, 0.2) is 5.78 Å². The number of halogens is 2. The zero-order chi connectivity index (χ0) is 26.9. The Morgan fingerprint density at radius 3 is 2.05 bits per heavy atom. The van der Waals surface area contributed by atoms with Gasteiger partial charge in [0.25, 0.3) is 11.8 Å². The fourth-order valence-corrected chi connectivity index (χ4v) is 4.48. The Labute approximate surface area is 234 Å². The number of hydrogen-bond acceptors (Lipinski definition) is 4. The van der Waals surface area contributed by atoms with Gasteiger partial charge in [0.05, 0.1) is 15.8 Å². The van der Waals surface area contributed by atoms with E-state index in [-0.39, 0.29) is 23.1 Å². The van der Waals surface area contributed by atoms with Crippen molar-refractivity contribution in [2.24, 2.45) is 0 Å². The van der Waals surface area contributed by atoms with E-state index in [1.807, 2.05) is 48.5 Å². The van der Waals surface area contributed by atoms with Gasteiger partial charge >= 0.3 is 0 Å². The number of hydrogen-bond donors (Lipinski definition) is 2. The molecule has 0 atom stereocenters. The van der Waals surface area contributed by atoms with E-state index in [9.17, 15) is 14.4 Å². The van der Waals surface area contributed by atoms with Crippen LogP contribution in [-0.2, 0) is 4.79 Å². The van der Waals surface area contributed by atoms with Crippen molar-refractivity contribution in [1.82, 2.24) is 5.32 Å². The lowest BCUT2D eigenvalue weighted by atomic mass is 10.1. The van der Waals surface area contributed by atoms with Gasteiger partial charge in [-0.2, -0.15) is 0 Å². The second-order valence-corrected chi connectivity index (χ2v) is 9.97. The van der Waals surface area contributed by atoms with Crippen LogP contribution < -0.4 is 10.6 Å². The smallest absolute Gasteiger partial charge is 0.272 e. The first kappa shape index (κ1) is 27.2. The Balaban J connectivity index is 1.42. The molecule has 4 rings (SSSR count). The summed E-state index contributed by atoms with van der Waals surface area (Å²) in [5, 5.41) is 6.28. The highest BCUT2D eigenvalue weighted by Gasteiger charge is 2.15. The molecule has 0 bridgehead atoms. The maximum atomic E-state index is 13.1. The van der Waals surface area contributed by atoms with Crippen molar-refractivity contribution in [2.45, 2.75) is 4.90 Å². The van der Waals surface area contributed by atoms with Gasteiger partial charge in [-0.15, -0.1) is 11.8 Å². The number of anilines is 1. The normalized spacial score (nSPS) is 11.1. The van der Waals surface area contributed by atoms with Gasteiger partial charge in [-0.1, -0.05) is 71.7 Å². The Morgan fingerprint density at radius 2 is 1.39 bits per heavy atom. The average Bonchev–Trinajstić information content (AvgIpc) is 2.94. The summed E-state index contributed by atoms with van der Waals surface area (Å²) in [6.45, 7) is 0. The molecule has 0 radical (unpaired) electrons. The van der Waals surface area contributed by atoms with Crippen LogP contribution in [0.25, 0.3) is 6.08 Å². The van der Waals surface area contributed by atoms with Crippen LogP contribution in [0, 0.1) is 0 Å². The summed E-state index contributed by atoms with van der Waals surface area (Å²) in [5.74, 6) is -0.704. The predicted molar refractivity (Wildman–Crippen MR) is 155 cm³/mol. The molecule has 0 saturated carbocycles. The van der Waals surface area contributed by atoms with E-state index in [0.29, 0.717) is 26.9 Å². The molecule has 2 amide bonds. The minimum Gasteiger partial charge on any atom is -0.321 e. The van der Waals surface area contributed by atoms with E-state index >= 15 is 0 Å². The third-order valence-corrected chi connectivity index (χ3v) is 7.11. The van der Waals surface area contributed by atoms with Crippen LogP contribution in [0.4, 0.5) is 5.69 Å². The summed E-state index contributed by atoms with van der Waals surface area (Å²) < 4.78 is 0. The maximum Gasteiger partial charge on any atom is 0.272 e.